The Morgan fingerprint density at radius 3 is 2.74 bits per heavy atom. The second kappa shape index (κ2) is 10.4. The van der Waals surface area contributed by atoms with Gasteiger partial charge in [0.2, 0.25) is 0 Å². The third-order valence-electron chi connectivity index (χ3n) is 6.97. The van der Waals surface area contributed by atoms with Gasteiger partial charge in [-0.1, -0.05) is 35.3 Å². The molecule has 2 aromatic carbocycles. The maximum atomic E-state index is 11.9. The number of aromatic amines is 1. The highest BCUT2D eigenvalue weighted by atomic mass is 35.5. The van der Waals surface area contributed by atoms with Crippen molar-refractivity contribution < 1.29 is 19.7 Å². The molecule has 0 spiro atoms. The third kappa shape index (κ3) is 5.29. The number of halogens is 2. The normalized spacial score (nSPS) is 22.6. The summed E-state index contributed by atoms with van der Waals surface area (Å²) in [5.41, 5.74) is 1.18. The van der Waals surface area contributed by atoms with Crippen LogP contribution < -0.4 is 10.1 Å². The van der Waals surface area contributed by atoms with E-state index in [0.29, 0.717) is 46.0 Å². The van der Waals surface area contributed by atoms with Crippen LogP contribution in [0.2, 0.25) is 10.0 Å². The Morgan fingerprint density at radius 1 is 1.29 bits per heavy atom. The van der Waals surface area contributed by atoms with E-state index in [2.05, 4.69) is 15.2 Å². The van der Waals surface area contributed by atoms with Crippen LogP contribution >= 0.6 is 23.2 Å². The van der Waals surface area contributed by atoms with Gasteiger partial charge in [-0.05, 0) is 63.2 Å². The van der Waals surface area contributed by atoms with E-state index in [1.807, 2.05) is 38.4 Å². The maximum Gasteiger partial charge on any atom is 0.352 e. The molecule has 3 aromatic rings. The Labute approximate surface area is 215 Å². The molecule has 3 atom stereocenters. The van der Waals surface area contributed by atoms with E-state index >= 15 is 0 Å². The molecule has 1 saturated carbocycles. The molecule has 1 fully saturated rings. The fourth-order valence-electron chi connectivity index (χ4n) is 5.30. The van der Waals surface area contributed by atoms with Crippen LogP contribution in [0, 0.1) is 5.92 Å². The fraction of sp³-hybridized carbons (Fsp3) is 0.423. The van der Waals surface area contributed by atoms with Gasteiger partial charge < -0.3 is 30.2 Å². The van der Waals surface area contributed by atoms with Gasteiger partial charge in [0, 0.05) is 46.5 Å². The zero-order chi connectivity index (χ0) is 25.3. The van der Waals surface area contributed by atoms with Crippen LogP contribution in [0.25, 0.3) is 10.9 Å². The lowest BCUT2D eigenvalue weighted by Gasteiger charge is -2.45. The summed E-state index contributed by atoms with van der Waals surface area (Å²) in [6.45, 7) is 1.05. The van der Waals surface area contributed by atoms with E-state index in [4.69, 9.17) is 27.9 Å². The van der Waals surface area contributed by atoms with Crippen molar-refractivity contribution in [3.8, 4) is 5.75 Å². The van der Waals surface area contributed by atoms with Crippen molar-refractivity contribution in [1.82, 2.24) is 15.2 Å². The van der Waals surface area contributed by atoms with Gasteiger partial charge in [-0.15, -0.1) is 0 Å². The predicted molar refractivity (Wildman–Crippen MR) is 139 cm³/mol. The number of nitrogens with zero attached hydrogens (tertiary/aromatic N) is 1. The number of hydrogen-bond acceptors (Lipinski definition) is 5. The number of aliphatic hydroxyl groups is 1. The zero-order valence-corrected chi connectivity index (χ0v) is 21.6. The number of carboxylic acid groups (broad SMARTS) is 1. The quantitative estimate of drug-likeness (QED) is 0.338. The Kier molecular flexibility index (Phi) is 7.64. The highest BCUT2D eigenvalue weighted by Gasteiger charge is 2.43. The maximum absolute atomic E-state index is 11.9. The van der Waals surface area contributed by atoms with Crippen molar-refractivity contribution in [2.24, 2.45) is 5.92 Å². The molecular weight excluding hydrogens is 489 g/mol. The number of rotatable bonds is 8. The average Bonchev–Trinajstić information content (AvgIpc) is 3.18. The molecule has 35 heavy (non-hydrogen) atoms. The summed E-state index contributed by atoms with van der Waals surface area (Å²) in [7, 11) is 5.63. The molecule has 0 aliphatic heterocycles. The molecule has 7 nitrogen and oxygen atoms in total. The molecule has 0 radical (unpaired) electrons. The predicted octanol–water partition coefficient (Wildman–Crippen LogP) is 4.89. The molecule has 0 bridgehead atoms. The van der Waals surface area contributed by atoms with Crippen molar-refractivity contribution in [2.75, 3.05) is 27.7 Å². The molecule has 1 aliphatic carbocycles. The zero-order valence-electron chi connectivity index (χ0n) is 20.1. The highest BCUT2D eigenvalue weighted by molar-refractivity contribution is 6.39. The molecule has 4 rings (SSSR count). The third-order valence-corrected chi connectivity index (χ3v) is 7.49. The van der Waals surface area contributed by atoms with E-state index < -0.39 is 11.6 Å². The van der Waals surface area contributed by atoms with Crippen molar-refractivity contribution in [3.63, 3.8) is 0 Å². The van der Waals surface area contributed by atoms with Gasteiger partial charge in [0.05, 0.1) is 17.7 Å². The lowest BCUT2D eigenvalue weighted by atomic mass is 9.69. The van der Waals surface area contributed by atoms with Gasteiger partial charge in [0.25, 0.3) is 0 Å². The molecule has 1 aromatic heterocycles. The number of hydrogen-bond donors (Lipinski definition) is 4. The minimum atomic E-state index is -1.05. The van der Waals surface area contributed by atoms with Gasteiger partial charge in [-0.25, -0.2) is 4.79 Å². The first-order valence-corrected chi connectivity index (χ1v) is 12.4. The second-order valence-electron chi connectivity index (χ2n) is 9.56. The van der Waals surface area contributed by atoms with Crippen LogP contribution in [-0.4, -0.2) is 59.9 Å². The molecule has 188 valence electrons. The summed E-state index contributed by atoms with van der Waals surface area (Å²) in [4.78, 5) is 17.0. The minimum absolute atomic E-state index is 0.0276. The number of carbonyl (C=O) groups is 1. The number of aromatic carboxylic acids is 1. The van der Waals surface area contributed by atoms with E-state index in [1.54, 1.807) is 19.2 Å². The summed E-state index contributed by atoms with van der Waals surface area (Å²) in [6.07, 6.45) is 2.05. The number of aromatic nitrogens is 1. The number of H-pyrrole nitrogens is 1. The Bertz CT molecular complexity index is 1230. The van der Waals surface area contributed by atoms with Crippen LogP contribution in [0.5, 0.6) is 5.75 Å². The van der Waals surface area contributed by atoms with Crippen LogP contribution in [0.3, 0.4) is 0 Å². The first kappa shape index (κ1) is 25.8. The number of ether oxygens (including phenoxy) is 1. The first-order chi connectivity index (χ1) is 16.6. The van der Waals surface area contributed by atoms with Crippen LogP contribution in [0.15, 0.2) is 36.4 Å². The lowest BCUT2D eigenvalue weighted by Crippen LogP contribution is -2.49. The van der Waals surface area contributed by atoms with Crippen LogP contribution in [0.4, 0.5) is 0 Å². The molecule has 4 N–H and O–H groups in total. The Morgan fingerprint density at radius 2 is 2.06 bits per heavy atom. The fourth-order valence-corrected chi connectivity index (χ4v) is 5.91. The van der Waals surface area contributed by atoms with E-state index in [1.165, 1.54) is 0 Å². The summed E-state index contributed by atoms with van der Waals surface area (Å²) in [5.74, 6) is -0.357. The summed E-state index contributed by atoms with van der Waals surface area (Å²) >= 11 is 12.6. The number of fused-ring (bicyclic) bond motifs is 1. The molecule has 0 saturated heterocycles. The molecule has 3 unspecified atom stereocenters. The summed E-state index contributed by atoms with van der Waals surface area (Å²) in [5, 5.41) is 26.7. The monoisotopic (exact) mass is 519 g/mol. The van der Waals surface area contributed by atoms with Gasteiger partial charge >= 0.3 is 5.97 Å². The van der Waals surface area contributed by atoms with Crippen LogP contribution in [-0.2, 0) is 12.1 Å². The average molecular weight is 520 g/mol. The standard InChI is InChI=1S/C26H31Cl2N3O4/c1-31(2)14-16-9-18(7-8-26(16,34)15-5-4-6-19(10-15)35-3)29-13-20-23-21(28)11-17(27)12-22(23)30-24(20)25(32)33/h4-6,10-12,16,18,29-30,34H,7-9,13-14H2,1-3H3,(H,32,33). The number of benzene rings is 2. The second-order valence-corrected chi connectivity index (χ2v) is 10.4. The topological polar surface area (TPSA) is 97.8 Å². The smallest absolute Gasteiger partial charge is 0.352 e. The van der Waals surface area contributed by atoms with Crippen LogP contribution in [0.1, 0.15) is 40.9 Å². The van der Waals surface area contributed by atoms with Crippen molar-refractivity contribution in [3.05, 3.63) is 63.3 Å². The molecule has 0 amide bonds. The molecule has 1 aliphatic rings. The SMILES string of the molecule is COc1cccc(C2(O)CCC(NCc3c(C(=O)O)[nH]c4cc(Cl)cc(Cl)c34)CC2CN(C)C)c1. The van der Waals surface area contributed by atoms with Gasteiger partial charge in [0.15, 0.2) is 0 Å². The van der Waals surface area contributed by atoms with E-state index in [-0.39, 0.29) is 17.7 Å². The summed E-state index contributed by atoms with van der Waals surface area (Å²) in [6, 6.07) is 11.1. The molecular formula is C26H31Cl2N3O4. The van der Waals surface area contributed by atoms with Gasteiger partial charge in [-0.3, -0.25) is 0 Å². The highest BCUT2D eigenvalue weighted by Crippen LogP contribution is 2.43. The number of carboxylic acids is 1. The molecule has 9 heteroatoms. The number of nitrogens with one attached hydrogen (secondary N) is 2. The number of methoxy groups -OCH3 is 1. The van der Waals surface area contributed by atoms with E-state index in [0.717, 1.165) is 24.2 Å². The summed E-state index contributed by atoms with van der Waals surface area (Å²) < 4.78 is 5.39. The van der Waals surface area contributed by atoms with E-state index in [9.17, 15) is 15.0 Å². The Hall–Kier alpha value is -2.29. The lowest BCUT2D eigenvalue weighted by molar-refractivity contribution is -0.0694. The van der Waals surface area contributed by atoms with Crippen molar-refractivity contribution in [2.45, 2.75) is 37.5 Å². The molecule has 1 heterocycles. The van der Waals surface area contributed by atoms with Crippen molar-refractivity contribution >= 4 is 40.1 Å². The van der Waals surface area contributed by atoms with Gasteiger partial charge in [0.1, 0.15) is 11.4 Å². The minimum Gasteiger partial charge on any atom is -0.497 e. The largest absolute Gasteiger partial charge is 0.497 e. The van der Waals surface area contributed by atoms with Gasteiger partial charge in [-0.2, -0.15) is 0 Å². The Balaban J connectivity index is 1.58. The first-order valence-electron chi connectivity index (χ1n) is 11.6. The van der Waals surface area contributed by atoms with Crippen molar-refractivity contribution in [1.29, 1.82) is 0 Å².